The first kappa shape index (κ1) is 22.7. The fourth-order valence-electron chi connectivity index (χ4n) is 5.49. The van der Waals surface area contributed by atoms with Crippen molar-refractivity contribution in [1.29, 1.82) is 0 Å². The number of aromatic carboxylic acids is 1. The number of carboxylic acid groups (broad SMARTS) is 1. The summed E-state index contributed by atoms with van der Waals surface area (Å²) in [4.78, 5) is 28.9. The topological polar surface area (TPSA) is 101 Å². The van der Waals surface area contributed by atoms with E-state index in [2.05, 4.69) is 31.8 Å². The number of fused-ring (bicyclic) bond motifs is 1. The zero-order chi connectivity index (χ0) is 24.9. The maximum Gasteiger partial charge on any atom is 0.339 e. The third-order valence-electron chi connectivity index (χ3n) is 7.28. The smallest absolute Gasteiger partial charge is 0.339 e. The van der Waals surface area contributed by atoms with Crippen molar-refractivity contribution in [2.75, 3.05) is 31.6 Å². The van der Waals surface area contributed by atoms with Gasteiger partial charge in [-0.05, 0) is 44.2 Å². The van der Waals surface area contributed by atoms with Crippen LogP contribution in [0.3, 0.4) is 0 Å². The Labute approximate surface area is 207 Å². The van der Waals surface area contributed by atoms with Crippen molar-refractivity contribution < 1.29 is 23.8 Å². The van der Waals surface area contributed by atoms with Gasteiger partial charge in [-0.25, -0.2) is 19.2 Å². The van der Waals surface area contributed by atoms with Crippen LogP contribution in [0, 0.1) is 11.2 Å². The van der Waals surface area contributed by atoms with Crippen LogP contribution in [0.15, 0.2) is 43.0 Å². The molecule has 9 nitrogen and oxygen atoms in total. The number of hydrogen-bond acceptors (Lipinski definition) is 8. The fourth-order valence-corrected chi connectivity index (χ4v) is 5.49. The molecule has 0 radical (unpaired) electrons. The van der Waals surface area contributed by atoms with Crippen molar-refractivity contribution in [2.45, 2.75) is 31.9 Å². The highest BCUT2D eigenvalue weighted by Gasteiger charge is 2.54. The van der Waals surface area contributed by atoms with E-state index in [9.17, 15) is 14.3 Å². The van der Waals surface area contributed by atoms with E-state index in [1.807, 2.05) is 12.3 Å². The molecule has 1 saturated heterocycles. The molecule has 1 aliphatic carbocycles. The molecule has 2 aromatic heterocycles. The fraction of sp³-hybridized carbons (Fsp3) is 0.385. The van der Waals surface area contributed by atoms with E-state index in [1.54, 1.807) is 0 Å². The lowest BCUT2D eigenvalue weighted by Gasteiger charge is -2.59. The van der Waals surface area contributed by atoms with Gasteiger partial charge in [-0.2, -0.15) is 0 Å². The number of aromatic nitrogens is 3. The van der Waals surface area contributed by atoms with Gasteiger partial charge in [0.1, 0.15) is 35.3 Å². The maximum atomic E-state index is 13.6. The molecule has 0 atom stereocenters. The number of nitrogens with zero attached hydrogens (tertiary/aromatic N) is 5. The molecule has 0 unspecified atom stereocenters. The van der Waals surface area contributed by atoms with Crippen LogP contribution in [-0.4, -0.2) is 63.7 Å². The molecule has 0 amide bonds. The summed E-state index contributed by atoms with van der Waals surface area (Å²) in [6, 6.07) is 5.38. The first-order valence-electron chi connectivity index (χ1n) is 12.0. The summed E-state index contributed by atoms with van der Waals surface area (Å²) in [5.74, 6) is -0.00215. The van der Waals surface area contributed by atoms with Gasteiger partial charge in [0, 0.05) is 55.5 Å². The molecule has 1 saturated carbocycles. The molecule has 10 heteroatoms. The summed E-state index contributed by atoms with van der Waals surface area (Å²) in [5.41, 5.74) is 2.25. The molecule has 3 aromatic rings. The molecule has 1 aromatic carbocycles. The number of benzene rings is 1. The number of halogens is 1. The van der Waals surface area contributed by atoms with E-state index < -0.39 is 11.8 Å². The second kappa shape index (κ2) is 8.70. The second-order valence-corrected chi connectivity index (χ2v) is 9.98. The normalized spacial score (nSPS) is 18.8. The summed E-state index contributed by atoms with van der Waals surface area (Å²) >= 11 is 0. The third kappa shape index (κ3) is 4.11. The van der Waals surface area contributed by atoms with Crippen LogP contribution in [-0.2, 0) is 13.0 Å². The summed E-state index contributed by atoms with van der Waals surface area (Å²) in [6.45, 7) is 3.47. The molecule has 6 rings (SSSR count). The van der Waals surface area contributed by atoms with Crippen LogP contribution in [0.25, 0.3) is 0 Å². The second-order valence-electron chi connectivity index (χ2n) is 9.98. The molecule has 1 N–H and O–H groups in total. The predicted octanol–water partition coefficient (Wildman–Crippen LogP) is 3.54. The van der Waals surface area contributed by atoms with E-state index in [-0.39, 0.29) is 22.8 Å². The van der Waals surface area contributed by atoms with Crippen LogP contribution >= 0.6 is 0 Å². The van der Waals surface area contributed by atoms with Gasteiger partial charge in [0.2, 0.25) is 0 Å². The van der Waals surface area contributed by atoms with Gasteiger partial charge in [-0.1, -0.05) is 0 Å². The minimum atomic E-state index is -1.27. The Hall–Kier alpha value is -3.79. The molecule has 186 valence electrons. The van der Waals surface area contributed by atoms with Crippen molar-refractivity contribution in [3.63, 3.8) is 0 Å². The number of anilines is 1. The summed E-state index contributed by atoms with van der Waals surface area (Å²) in [7, 11) is 2.12. The molecule has 36 heavy (non-hydrogen) atoms. The van der Waals surface area contributed by atoms with Crippen LogP contribution in [0.2, 0.25) is 0 Å². The zero-order valence-electron chi connectivity index (χ0n) is 19.9. The van der Waals surface area contributed by atoms with Crippen LogP contribution in [0.4, 0.5) is 10.2 Å². The largest absolute Gasteiger partial charge is 0.490 e. The van der Waals surface area contributed by atoms with Gasteiger partial charge in [0.15, 0.2) is 11.6 Å². The van der Waals surface area contributed by atoms with E-state index in [1.165, 1.54) is 24.2 Å². The number of carbonyl (C=O) groups is 1. The quantitative estimate of drug-likeness (QED) is 0.555. The molecule has 4 heterocycles. The predicted molar refractivity (Wildman–Crippen MR) is 128 cm³/mol. The van der Waals surface area contributed by atoms with E-state index >= 15 is 0 Å². The number of rotatable bonds is 6. The Morgan fingerprint density at radius 2 is 2.00 bits per heavy atom. The molecule has 3 aliphatic rings. The Bertz CT molecular complexity index is 1320. The Morgan fingerprint density at radius 1 is 1.17 bits per heavy atom. The molecule has 0 bridgehead atoms. The standard InChI is InChI=1S/C26H26FN5O4/c1-31-7-5-20-19(12-31)22(4-6-29-20)35-17-9-26(10-17)13-32(14-26)24-23(11-28-15-30-24)36-21-3-2-16(27)8-18(21)25(33)34/h2-4,6,8,11,15,17H,5,7,9-10,12-14H2,1H3,(H,33,34). The number of carboxylic acids is 1. The number of likely N-dealkylation sites (N-methyl/N-ethyl adjacent to an activating group) is 1. The van der Waals surface area contributed by atoms with Gasteiger partial charge >= 0.3 is 5.97 Å². The highest BCUT2D eigenvalue weighted by Crippen LogP contribution is 2.52. The Balaban J connectivity index is 1.11. The van der Waals surface area contributed by atoms with E-state index in [0.717, 1.165) is 69.0 Å². The summed E-state index contributed by atoms with van der Waals surface area (Å²) in [5, 5.41) is 9.41. The van der Waals surface area contributed by atoms with Crippen molar-refractivity contribution in [3.8, 4) is 17.2 Å². The molecular formula is C26H26FN5O4. The average Bonchev–Trinajstić information content (AvgIpc) is 2.81. The van der Waals surface area contributed by atoms with Crippen molar-refractivity contribution in [2.24, 2.45) is 5.41 Å². The lowest BCUT2D eigenvalue weighted by molar-refractivity contribution is -0.0352. The summed E-state index contributed by atoms with van der Waals surface area (Å²) in [6.07, 6.45) is 7.81. The number of hydrogen-bond donors (Lipinski definition) is 1. The Kier molecular flexibility index (Phi) is 5.48. The van der Waals surface area contributed by atoms with Crippen molar-refractivity contribution >= 4 is 11.8 Å². The number of ether oxygens (including phenoxy) is 2. The monoisotopic (exact) mass is 491 g/mol. The van der Waals surface area contributed by atoms with Crippen molar-refractivity contribution in [3.05, 3.63) is 65.6 Å². The highest BCUT2D eigenvalue weighted by molar-refractivity contribution is 5.91. The lowest BCUT2D eigenvalue weighted by Crippen LogP contribution is -2.65. The van der Waals surface area contributed by atoms with Crippen molar-refractivity contribution in [1.82, 2.24) is 19.9 Å². The summed E-state index contributed by atoms with van der Waals surface area (Å²) < 4.78 is 25.8. The van der Waals surface area contributed by atoms with Gasteiger partial charge < -0.3 is 24.4 Å². The minimum Gasteiger partial charge on any atom is -0.490 e. The average molecular weight is 492 g/mol. The van der Waals surface area contributed by atoms with Gasteiger partial charge in [-0.15, -0.1) is 0 Å². The van der Waals surface area contributed by atoms with E-state index in [0.29, 0.717) is 11.6 Å². The van der Waals surface area contributed by atoms with Crippen LogP contribution in [0.5, 0.6) is 17.2 Å². The lowest BCUT2D eigenvalue weighted by atomic mass is 9.61. The zero-order valence-corrected chi connectivity index (χ0v) is 19.9. The molecule has 2 fully saturated rings. The number of pyridine rings is 1. The van der Waals surface area contributed by atoms with Gasteiger partial charge in [0.05, 0.1) is 6.20 Å². The van der Waals surface area contributed by atoms with Gasteiger partial charge in [-0.3, -0.25) is 4.98 Å². The maximum absolute atomic E-state index is 13.6. The van der Waals surface area contributed by atoms with Crippen LogP contribution < -0.4 is 14.4 Å². The van der Waals surface area contributed by atoms with Gasteiger partial charge in [0.25, 0.3) is 0 Å². The van der Waals surface area contributed by atoms with E-state index in [4.69, 9.17) is 9.47 Å². The third-order valence-corrected chi connectivity index (χ3v) is 7.28. The minimum absolute atomic E-state index is 0.0404. The first-order chi connectivity index (χ1) is 17.4. The SMILES string of the molecule is CN1CCc2nccc(OC3CC4(C3)CN(c3ncncc3Oc3ccc(F)cc3C(=O)O)C4)c2C1. The Morgan fingerprint density at radius 3 is 2.81 bits per heavy atom. The first-order valence-corrected chi connectivity index (χ1v) is 12.0. The molecule has 2 aliphatic heterocycles. The van der Waals surface area contributed by atoms with Crippen LogP contribution in [0.1, 0.15) is 34.5 Å². The molecule has 1 spiro atoms. The molecular weight excluding hydrogens is 465 g/mol. The highest BCUT2D eigenvalue weighted by atomic mass is 19.1.